The van der Waals surface area contributed by atoms with Crippen LogP contribution >= 0.6 is 11.6 Å². The number of benzene rings is 1. The summed E-state index contributed by atoms with van der Waals surface area (Å²) in [4.78, 5) is 29.5. The number of hydrogen-bond acceptors (Lipinski definition) is 5. The molecule has 1 aromatic carbocycles. The fourth-order valence-electron chi connectivity index (χ4n) is 3.80. The molecule has 9 heteroatoms. The van der Waals surface area contributed by atoms with E-state index < -0.39 is 6.09 Å². The average Bonchev–Trinajstić information content (AvgIpc) is 3.15. The Morgan fingerprint density at radius 2 is 2.09 bits per heavy atom. The van der Waals surface area contributed by atoms with E-state index in [-0.39, 0.29) is 12.2 Å². The number of carboxylic acid groups (broad SMARTS) is 1. The Bertz CT molecular complexity index is 1380. The second-order valence-corrected chi connectivity index (χ2v) is 7.90. The number of fused-ring (bicyclic) bond motifs is 3. The van der Waals surface area contributed by atoms with Crippen molar-refractivity contribution in [2.75, 3.05) is 6.54 Å². The standard InChI is InChI=1S/C23H18ClN3O5/c24-14-1-2-15(25-11-14)13-31-17-5-8-27(22(28)10-17)16-3-4-18-19-12-26(23(29)30)7-6-20(19)32-21(18)9-16/h1-5,8-11H,6-7,12-13H2,(H,29,30). The third-order valence-electron chi connectivity index (χ3n) is 5.43. The predicted molar refractivity (Wildman–Crippen MR) is 118 cm³/mol. The lowest BCUT2D eigenvalue weighted by Gasteiger charge is -2.23. The molecule has 5 rings (SSSR count). The van der Waals surface area contributed by atoms with Crippen LogP contribution in [0.3, 0.4) is 0 Å². The van der Waals surface area contributed by atoms with Crippen LogP contribution in [0.1, 0.15) is 17.0 Å². The van der Waals surface area contributed by atoms with Crippen molar-refractivity contribution >= 4 is 28.7 Å². The molecule has 0 unspecified atom stereocenters. The van der Waals surface area contributed by atoms with E-state index in [1.165, 1.54) is 15.5 Å². The highest BCUT2D eigenvalue weighted by molar-refractivity contribution is 6.30. The van der Waals surface area contributed by atoms with Crippen molar-refractivity contribution in [2.24, 2.45) is 0 Å². The van der Waals surface area contributed by atoms with Crippen molar-refractivity contribution in [2.45, 2.75) is 19.6 Å². The average molecular weight is 452 g/mol. The minimum Gasteiger partial charge on any atom is -0.487 e. The molecule has 0 atom stereocenters. The Hall–Kier alpha value is -3.78. The molecule has 32 heavy (non-hydrogen) atoms. The van der Waals surface area contributed by atoms with Gasteiger partial charge < -0.3 is 19.2 Å². The van der Waals surface area contributed by atoms with Gasteiger partial charge in [-0.05, 0) is 30.3 Å². The van der Waals surface area contributed by atoms with Gasteiger partial charge >= 0.3 is 6.09 Å². The van der Waals surface area contributed by atoms with E-state index in [9.17, 15) is 14.7 Å². The molecule has 162 valence electrons. The zero-order valence-corrected chi connectivity index (χ0v) is 17.6. The second kappa shape index (κ2) is 8.05. The quantitative estimate of drug-likeness (QED) is 0.498. The summed E-state index contributed by atoms with van der Waals surface area (Å²) in [5, 5.41) is 10.7. The highest BCUT2D eigenvalue weighted by atomic mass is 35.5. The van der Waals surface area contributed by atoms with E-state index in [2.05, 4.69) is 4.98 Å². The normalized spacial score (nSPS) is 13.2. The summed E-state index contributed by atoms with van der Waals surface area (Å²) in [5.74, 6) is 1.23. The first-order valence-electron chi connectivity index (χ1n) is 9.96. The van der Waals surface area contributed by atoms with Crippen molar-refractivity contribution in [3.05, 3.63) is 87.3 Å². The number of pyridine rings is 2. The predicted octanol–water partition coefficient (Wildman–Crippen LogP) is 4.25. The molecule has 0 radical (unpaired) electrons. The van der Waals surface area contributed by atoms with Crippen LogP contribution in [0.5, 0.6) is 5.75 Å². The Labute approximate surface area is 187 Å². The van der Waals surface area contributed by atoms with Gasteiger partial charge in [-0.15, -0.1) is 0 Å². The van der Waals surface area contributed by atoms with Crippen molar-refractivity contribution in [3.63, 3.8) is 0 Å². The lowest BCUT2D eigenvalue weighted by Crippen LogP contribution is -2.34. The van der Waals surface area contributed by atoms with Crippen molar-refractivity contribution in [1.82, 2.24) is 14.5 Å². The summed E-state index contributed by atoms with van der Waals surface area (Å²) >= 11 is 5.83. The zero-order chi connectivity index (χ0) is 22.2. The molecule has 3 aromatic heterocycles. The smallest absolute Gasteiger partial charge is 0.407 e. The van der Waals surface area contributed by atoms with Crippen LogP contribution in [0.25, 0.3) is 16.7 Å². The van der Waals surface area contributed by atoms with Crippen LogP contribution in [0.2, 0.25) is 5.02 Å². The molecule has 0 saturated heterocycles. The summed E-state index contributed by atoms with van der Waals surface area (Å²) in [7, 11) is 0. The Balaban J connectivity index is 1.38. The third kappa shape index (κ3) is 3.80. The van der Waals surface area contributed by atoms with Gasteiger partial charge in [0.1, 0.15) is 23.7 Å². The molecule has 1 N–H and O–H groups in total. The highest BCUT2D eigenvalue weighted by Gasteiger charge is 2.25. The van der Waals surface area contributed by atoms with E-state index in [1.54, 1.807) is 36.7 Å². The SMILES string of the molecule is O=C(O)N1CCc2oc3cc(-n4ccc(OCc5ccc(Cl)cn5)cc4=O)ccc3c2C1. The number of halogens is 1. The molecular weight excluding hydrogens is 434 g/mol. The van der Waals surface area contributed by atoms with E-state index >= 15 is 0 Å². The summed E-state index contributed by atoms with van der Waals surface area (Å²) in [6, 6.07) is 12.1. The van der Waals surface area contributed by atoms with Gasteiger partial charge in [-0.2, -0.15) is 0 Å². The maximum Gasteiger partial charge on any atom is 0.407 e. The molecule has 0 saturated carbocycles. The van der Waals surface area contributed by atoms with E-state index in [0.29, 0.717) is 47.2 Å². The van der Waals surface area contributed by atoms with Crippen LogP contribution in [0, 0.1) is 0 Å². The van der Waals surface area contributed by atoms with Gasteiger partial charge in [0.15, 0.2) is 0 Å². The maximum atomic E-state index is 12.7. The first-order valence-corrected chi connectivity index (χ1v) is 10.3. The van der Waals surface area contributed by atoms with Crippen LogP contribution < -0.4 is 10.3 Å². The Kier molecular flexibility index (Phi) is 5.07. The maximum absolute atomic E-state index is 12.7. The van der Waals surface area contributed by atoms with Crippen LogP contribution in [-0.4, -0.2) is 32.2 Å². The highest BCUT2D eigenvalue weighted by Crippen LogP contribution is 2.32. The molecule has 8 nitrogen and oxygen atoms in total. The molecular formula is C23H18ClN3O5. The van der Waals surface area contributed by atoms with E-state index in [0.717, 1.165) is 16.7 Å². The van der Waals surface area contributed by atoms with Crippen LogP contribution in [0.15, 0.2) is 64.1 Å². The molecule has 1 aliphatic heterocycles. The third-order valence-corrected chi connectivity index (χ3v) is 5.66. The molecule has 4 heterocycles. The number of hydrogen-bond donors (Lipinski definition) is 1. The topological polar surface area (TPSA) is 97.8 Å². The second-order valence-electron chi connectivity index (χ2n) is 7.47. The van der Waals surface area contributed by atoms with Gasteiger partial charge in [-0.1, -0.05) is 11.6 Å². The van der Waals surface area contributed by atoms with Crippen molar-refractivity contribution < 1.29 is 19.1 Å². The summed E-state index contributed by atoms with van der Waals surface area (Å²) in [6.45, 7) is 0.921. The first-order chi connectivity index (χ1) is 15.5. The number of furan rings is 1. The molecule has 0 bridgehead atoms. The molecule has 1 amide bonds. The van der Waals surface area contributed by atoms with Crippen LogP contribution in [0.4, 0.5) is 4.79 Å². The Morgan fingerprint density at radius 1 is 1.22 bits per heavy atom. The summed E-state index contributed by atoms with van der Waals surface area (Å²) < 4.78 is 13.1. The minimum atomic E-state index is -0.942. The Morgan fingerprint density at radius 3 is 2.84 bits per heavy atom. The van der Waals surface area contributed by atoms with Gasteiger partial charge in [0, 0.05) is 48.4 Å². The zero-order valence-electron chi connectivity index (χ0n) is 16.8. The summed E-state index contributed by atoms with van der Waals surface area (Å²) in [6.07, 6.45) is 2.77. The molecule has 0 fully saturated rings. The monoisotopic (exact) mass is 451 g/mol. The van der Waals surface area contributed by atoms with Gasteiger partial charge in [0.05, 0.1) is 22.9 Å². The first kappa shape index (κ1) is 20.1. The number of aromatic nitrogens is 2. The van der Waals surface area contributed by atoms with Gasteiger partial charge in [-0.3, -0.25) is 14.3 Å². The molecule has 4 aromatic rings. The largest absolute Gasteiger partial charge is 0.487 e. The fourth-order valence-corrected chi connectivity index (χ4v) is 3.91. The summed E-state index contributed by atoms with van der Waals surface area (Å²) in [5.41, 5.74) is 2.61. The number of nitrogens with zero attached hydrogens (tertiary/aromatic N) is 3. The van der Waals surface area contributed by atoms with E-state index in [4.69, 9.17) is 20.8 Å². The number of ether oxygens (including phenoxy) is 1. The van der Waals surface area contributed by atoms with Crippen molar-refractivity contribution in [1.29, 1.82) is 0 Å². The van der Waals surface area contributed by atoms with Gasteiger partial charge in [0.2, 0.25) is 0 Å². The molecule has 0 spiro atoms. The minimum absolute atomic E-state index is 0.220. The molecule has 0 aliphatic carbocycles. The lowest BCUT2D eigenvalue weighted by atomic mass is 10.0. The van der Waals surface area contributed by atoms with Gasteiger partial charge in [-0.25, -0.2) is 4.79 Å². The molecule has 1 aliphatic rings. The fraction of sp³-hybridized carbons (Fsp3) is 0.174. The van der Waals surface area contributed by atoms with Gasteiger partial charge in [0.25, 0.3) is 5.56 Å². The number of amides is 1. The van der Waals surface area contributed by atoms with Crippen molar-refractivity contribution in [3.8, 4) is 11.4 Å². The van der Waals surface area contributed by atoms with Crippen LogP contribution in [-0.2, 0) is 19.6 Å². The number of carbonyl (C=O) groups is 1. The number of rotatable bonds is 4. The lowest BCUT2D eigenvalue weighted by molar-refractivity contribution is 0.138. The van der Waals surface area contributed by atoms with E-state index in [1.807, 2.05) is 12.1 Å².